The molecule has 1 atom stereocenters. The Morgan fingerprint density at radius 1 is 0.778 bits per heavy atom. The highest BCUT2D eigenvalue weighted by atomic mass is 16.5. The van der Waals surface area contributed by atoms with Crippen molar-refractivity contribution in [1.82, 2.24) is 0 Å². The first kappa shape index (κ1) is 29.9. The standard InChI is InChI=1S/C32H50NO3/c1-5-7-8-9-10-11-13-17-28-20-22-31(23-21-28)35-24-16-25-36-32(34)30(6-2)27-33(3,4)26-29-18-14-12-15-19-29/h12,14-15,18-23,30H,5-11,13,16-17,24-27H2,1-4H3/q+1. The van der Waals surface area contributed by atoms with Gasteiger partial charge in [0.2, 0.25) is 0 Å². The van der Waals surface area contributed by atoms with Crippen molar-refractivity contribution in [2.75, 3.05) is 33.9 Å². The van der Waals surface area contributed by atoms with Crippen molar-refractivity contribution >= 4 is 5.97 Å². The van der Waals surface area contributed by atoms with E-state index in [1.165, 1.54) is 56.1 Å². The number of quaternary nitrogens is 1. The monoisotopic (exact) mass is 496 g/mol. The maximum Gasteiger partial charge on any atom is 0.314 e. The number of hydrogen-bond acceptors (Lipinski definition) is 3. The van der Waals surface area contributed by atoms with Crippen LogP contribution in [0.1, 0.15) is 82.8 Å². The van der Waals surface area contributed by atoms with E-state index in [0.717, 1.165) is 36.2 Å². The van der Waals surface area contributed by atoms with Crippen LogP contribution in [0.15, 0.2) is 54.6 Å². The van der Waals surface area contributed by atoms with Gasteiger partial charge in [0.05, 0.1) is 33.9 Å². The molecule has 0 heterocycles. The van der Waals surface area contributed by atoms with Crippen LogP contribution in [0.2, 0.25) is 0 Å². The van der Waals surface area contributed by atoms with Crippen LogP contribution in [0.25, 0.3) is 0 Å². The number of nitrogens with zero attached hydrogens (tertiary/aromatic N) is 1. The van der Waals surface area contributed by atoms with Gasteiger partial charge in [-0.3, -0.25) is 4.79 Å². The van der Waals surface area contributed by atoms with E-state index >= 15 is 0 Å². The maximum atomic E-state index is 12.7. The molecule has 0 aliphatic carbocycles. The zero-order valence-electron chi connectivity index (χ0n) is 23.3. The highest BCUT2D eigenvalue weighted by Crippen LogP contribution is 2.17. The van der Waals surface area contributed by atoms with Crippen LogP contribution in [0.5, 0.6) is 5.75 Å². The molecule has 2 aromatic carbocycles. The van der Waals surface area contributed by atoms with Crippen molar-refractivity contribution in [3.63, 3.8) is 0 Å². The minimum atomic E-state index is -0.0912. The molecule has 0 spiro atoms. The summed E-state index contributed by atoms with van der Waals surface area (Å²) in [5, 5.41) is 0. The molecular weight excluding hydrogens is 446 g/mol. The lowest BCUT2D eigenvalue weighted by Crippen LogP contribution is -2.44. The van der Waals surface area contributed by atoms with Crippen LogP contribution in [-0.2, 0) is 22.5 Å². The Bertz CT molecular complexity index is 832. The molecule has 4 heteroatoms. The lowest BCUT2D eigenvalue weighted by Gasteiger charge is -2.32. The second-order valence-electron chi connectivity index (χ2n) is 10.8. The zero-order valence-corrected chi connectivity index (χ0v) is 23.3. The molecule has 0 fully saturated rings. The molecule has 0 saturated heterocycles. The lowest BCUT2D eigenvalue weighted by atomic mass is 10.0. The fourth-order valence-electron chi connectivity index (χ4n) is 4.69. The summed E-state index contributed by atoms with van der Waals surface area (Å²) in [5.74, 6) is 0.705. The fourth-order valence-corrected chi connectivity index (χ4v) is 4.69. The summed E-state index contributed by atoms with van der Waals surface area (Å²) in [6.45, 7) is 6.95. The Balaban J connectivity index is 1.60. The van der Waals surface area contributed by atoms with Crippen LogP contribution in [0.3, 0.4) is 0 Å². The van der Waals surface area contributed by atoms with Gasteiger partial charge in [-0.05, 0) is 37.0 Å². The highest BCUT2D eigenvalue weighted by Gasteiger charge is 2.27. The number of benzene rings is 2. The molecule has 0 N–H and O–H groups in total. The quantitative estimate of drug-likeness (QED) is 0.114. The summed E-state index contributed by atoms with van der Waals surface area (Å²) in [4.78, 5) is 12.7. The highest BCUT2D eigenvalue weighted by molar-refractivity contribution is 5.72. The van der Waals surface area contributed by atoms with E-state index in [1.807, 2.05) is 6.07 Å². The van der Waals surface area contributed by atoms with Gasteiger partial charge in [0.25, 0.3) is 0 Å². The van der Waals surface area contributed by atoms with E-state index < -0.39 is 0 Å². The maximum absolute atomic E-state index is 12.7. The number of carbonyl (C=O) groups is 1. The van der Waals surface area contributed by atoms with E-state index in [-0.39, 0.29) is 11.9 Å². The normalized spacial score (nSPS) is 12.3. The Kier molecular flexibility index (Phi) is 14.3. The third-order valence-electron chi connectivity index (χ3n) is 6.79. The molecule has 4 nitrogen and oxygen atoms in total. The van der Waals surface area contributed by atoms with Crippen molar-refractivity contribution < 1.29 is 18.8 Å². The van der Waals surface area contributed by atoms with Crippen LogP contribution in [0.4, 0.5) is 0 Å². The molecule has 0 saturated carbocycles. The van der Waals surface area contributed by atoms with Gasteiger partial charge in [0.15, 0.2) is 0 Å². The van der Waals surface area contributed by atoms with Crippen molar-refractivity contribution in [3.05, 3.63) is 65.7 Å². The fraction of sp³-hybridized carbons (Fsp3) is 0.594. The molecule has 2 aromatic rings. The van der Waals surface area contributed by atoms with Crippen LogP contribution < -0.4 is 4.74 Å². The summed E-state index contributed by atoms with van der Waals surface area (Å²) in [7, 11) is 4.35. The van der Waals surface area contributed by atoms with Gasteiger partial charge in [0.1, 0.15) is 18.2 Å². The summed E-state index contributed by atoms with van der Waals surface area (Å²) < 4.78 is 12.2. The average molecular weight is 497 g/mol. The summed E-state index contributed by atoms with van der Waals surface area (Å²) in [6.07, 6.45) is 12.0. The minimum absolute atomic E-state index is 0.0893. The summed E-state index contributed by atoms with van der Waals surface area (Å²) >= 11 is 0. The first-order chi connectivity index (χ1) is 17.4. The Morgan fingerprint density at radius 2 is 1.44 bits per heavy atom. The van der Waals surface area contributed by atoms with Crippen molar-refractivity contribution in [2.24, 2.45) is 5.92 Å². The Labute approximate surface area is 220 Å². The molecule has 1 unspecified atom stereocenters. The van der Waals surface area contributed by atoms with E-state index in [0.29, 0.717) is 19.6 Å². The van der Waals surface area contributed by atoms with Gasteiger partial charge in [-0.15, -0.1) is 0 Å². The molecule has 0 amide bonds. The second kappa shape index (κ2) is 17.2. The molecule has 0 aliphatic heterocycles. The van der Waals surface area contributed by atoms with Crippen LogP contribution >= 0.6 is 0 Å². The molecule has 0 aromatic heterocycles. The van der Waals surface area contributed by atoms with Gasteiger partial charge in [0, 0.05) is 12.0 Å². The predicted molar refractivity (Wildman–Crippen MR) is 150 cm³/mol. The largest absolute Gasteiger partial charge is 0.493 e. The van der Waals surface area contributed by atoms with Crippen LogP contribution in [-0.4, -0.2) is 44.3 Å². The average Bonchev–Trinajstić information content (AvgIpc) is 2.87. The summed E-state index contributed by atoms with van der Waals surface area (Å²) in [5.41, 5.74) is 2.66. The topological polar surface area (TPSA) is 35.5 Å². The van der Waals surface area contributed by atoms with Gasteiger partial charge in [-0.2, -0.15) is 0 Å². The Hall–Kier alpha value is -2.33. The molecular formula is C32H50NO3+. The first-order valence-corrected chi connectivity index (χ1v) is 14.2. The molecule has 2 rings (SSSR count). The van der Waals surface area contributed by atoms with E-state index in [9.17, 15) is 4.79 Å². The van der Waals surface area contributed by atoms with Gasteiger partial charge >= 0.3 is 5.97 Å². The Morgan fingerprint density at radius 3 is 2.11 bits per heavy atom. The molecule has 36 heavy (non-hydrogen) atoms. The SMILES string of the molecule is CCCCCCCCCc1ccc(OCCCOC(=O)C(CC)C[N+](C)(C)Cc2ccccc2)cc1. The van der Waals surface area contributed by atoms with E-state index in [2.05, 4.69) is 76.5 Å². The van der Waals surface area contributed by atoms with Gasteiger partial charge < -0.3 is 14.0 Å². The smallest absolute Gasteiger partial charge is 0.314 e. The third kappa shape index (κ3) is 12.6. The van der Waals surface area contributed by atoms with Crippen LogP contribution in [0, 0.1) is 5.92 Å². The molecule has 200 valence electrons. The predicted octanol–water partition coefficient (Wildman–Crippen LogP) is 7.59. The number of unbranched alkanes of at least 4 members (excludes halogenated alkanes) is 6. The first-order valence-electron chi connectivity index (χ1n) is 14.2. The number of aryl methyl sites for hydroxylation is 1. The number of esters is 1. The van der Waals surface area contributed by atoms with Gasteiger partial charge in [-0.25, -0.2) is 0 Å². The lowest BCUT2D eigenvalue weighted by molar-refractivity contribution is -0.906. The third-order valence-corrected chi connectivity index (χ3v) is 6.79. The van der Waals surface area contributed by atoms with E-state index in [4.69, 9.17) is 9.47 Å². The second-order valence-corrected chi connectivity index (χ2v) is 10.8. The number of ether oxygens (including phenoxy) is 2. The van der Waals surface area contributed by atoms with Gasteiger partial charge in [-0.1, -0.05) is 94.8 Å². The number of carbonyl (C=O) groups excluding carboxylic acids is 1. The molecule has 0 aliphatic rings. The van der Waals surface area contributed by atoms with Crippen molar-refractivity contribution in [3.8, 4) is 5.75 Å². The summed E-state index contributed by atoms with van der Waals surface area (Å²) in [6, 6.07) is 18.9. The van der Waals surface area contributed by atoms with Crippen molar-refractivity contribution in [2.45, 2.75) is 84.6 Å². The molecule has 0 radical (unpaired) electrons. The minimum Gasteiger partial charge on any atom is -0.493 e. The van der Waals surface area contributed by atoms with E-state index in [1.54, 1.807) is 0 Å². The number of rotatable bonds is 19. The zero-order chi connectivity index (χ0) is 26.1. The number of hydrogen-bond donors (Lipinski definition) is 0. The molecule has 0 bridgehead atoms. The van der Waals surface area contributed by atoms with Crippen molar-refractivity contribution in [1.29, 1.82) is 0 Å².